The summed E-state index contributed by atoms with van der Waals surface area (Å²) in [5.41, 5.74) is 5.84. The molecule has 0 aliphatic heterocycles. The molecule has 0 bridgehead atoms. The Balaban J connectivity index is 2.48. The van der Waals surface area contributed by atoms with Crippen molar-refractivity contribution in [2.75, 3.05) is 12.3 Å². The molecular formula is C18H18N4O2. The number of nitrogens with two attached hydrogens (primary N) is 1. The average molecular weight is 322 g/mol. The second kappa shape index (κ2) is 7.85. The summed E-state index contributed by atoms with van der Waals surface area (Å²) in [6.45, 7) is 2.70. The third-order valence-corrected chi connectivity index (χ3v) is 3.61. The van der Waals surface area contributed by atoms with Crippen LogP contribution in [0, 0.1) is 22.7 Å². The van der Waals surface area contributed by atoms with Crippen molar-refractivity contribution in [3.63, 3.8) is 0 Å². The van der Waals surface area contributed by atoms with Crippen molar-refractivity contribution in [1.82, 2.24) is 4.98 Å². The van der Waals surface area contributed by atoms with Gasteiger partial charge in [0.25, 0.3) is 5.56 Å². The average Bonchev–Trinajstić information content (AvgIpc) is 2.58. The second-order valence-corrected chi connectivity index (χ2v) is 5.30. The Kier molecular flexibility index (Phi) is 5.59. The van der Waals surface area contributed by atoms with E-state index in [2.05, 4.69) is 11.9 Å². The third-order valence-electron chi connectivity index (χ3n) is 3.61. The van der Waals surface area contributed by atoms with E-state index in [1.807, 2.05) is 12.1 Å². The molecule has 0 fully saturated rings. The number of aromatic amines is 1. The highest BCUT2D eigenvalue weighted by Gasteiger charge is 2.18. The van der Waals surface area contributed by atoms with E-state index in [0.29, 0.717) is 17.9 Å². The molecule has 1 heterocycles. The number of ether oxygens (including phenoxy) is 1. The quantitative estimate of drug-likeness (QED) is 0.793. The van der Waals surface area contributed by atoms with Gasteiger partial charge in [-0.2, -0.15) is 10.5 Å². The fraction of sp³-hybridized carbons (Fsp3) is 0.278. The Labute approximate surface area is 140 Å². The number of nitrogen functional groups attached to an aromatic ring is 1. The van der Waals surface area contributed by atoms with Crippen LogP contribution in [-0.4, -0.2) is 11.6 Å². The standard InChI is InChI=1S/C18H18N4O2/c1-2-3-4-8-24-13-7-5-6-12(9-13)16-14(10-19)17(21)22-18(23)15(16)11-20/h5-7,9H,2-4,8H2,1H3,(H3,21,22,23). The highest BCUT2D eigenvalue weighted by Crippen LogP contribution is 2.30. The summed E-state index contributed by atoms with van der Waals surface area (Å²) in [6, 6.07) is 10.8. The van der Waals surface area contributed by atoms with Gasteiger partial charge in [0.2, 0.25) is 0 Å². The van der Waals surface area contributed by atoms with Crippen molar-refractivity contribution in [3.8, 4) is 29.0 Å². The number of rotatable bonds is 6. The second-order valence-electron chi connectivity index (χ2n) is 5.30. The number of unbranched alkanes of at least 4 members (excludes halogenated alkanes) is 2. The number of H-pyrrole nitrogens is 1. The minimum absolute atomic E-state index is 0.0502. The molecule has 0 aliphatic carbocycles. The lowest BCUT2D eigenvalue weighted by Gasteiger charge is -2.11. The fourth-order valence-corrected chi connectivity index (χ4v) is 2.42. The van der Waals surface area contributed by atoms with Crippen LogP contribution < -0.4 is 16.0 Å². The molecule has 0 atom stereocenters. The smallest absolute Gasteiger partial charge is 0.268 e. The Morgan fingerprint density at radius 2 is 1.96 bits per heavy atom. The fourth-order valence-electron chi connectivity index (χ4n) is 2.42. The topological polar surface area (TPSA) is 116 Å². The van der Waals surface area contributed by atoms with Crippen LogP contribution in [0.15, 0.2) is 29.1 Å². The van der Waals surface area contributed by atoms with Crippen molar-refractivity contribution < 1.29 is 4.74 Å². The van der Waals surface area contributed by atoms with E-state index >= 15 is 0 Å². The number of aromatic nitrogens is 1. The summed E-state index contributed by atoms with van der Waals surface area (Å²) in [6.07, 6.45) is 3.14. The van der Waals surface area contributed by atoms with E-state index in [1.54, 1.807) is 24.3 Å². The SMILES string of the molecule is CCCCCOc1cccc(-c2c(C#N)c(N)[nH]c(=O)c2C#N)c1. The lowest BCUT2D eigenvalue weighted by Crippen LogP contribution is -2.16. The van der Waals surface area contributed by atoms with Gasteiger partial charge in [-0.15, -0.1) is 0 Å². The van der Waals surface area contributed by atoms with Crippen molar-refractivity contribution in [2.24, 2.45) is 0 Å². The maximum absolute atomic E-state index is 12.0. The lowest BCUT2D eigenvalue weighted by atomic mass is 9.96. The summed E-state index contributed by atoms with van der Waals surface area (Å²) in [4.78, 5) is 14.3. The van der Waals surface area contributed by atoms with Crippen LogP contribution in [0.2, 0.25) is 0 Å². The Morgan fingerprint density at radius 3 is 2.62 bits per heavy atom. The highest BCUT2D eigenvalue weighted by atomic mass is 16.5. The Hall–Kier alpha value is -3.25. The monoisotopic (exact) mass is 322 g/mol. The number of hydrogen-bond acceptors (Lipinski definition) is 5. The minimum atomic E-state index is -0.613. The summed E-state index contributed by atoms with van der Waals surface area (Å²) >= 11 is 0. The van der Waals surface area contributed by atoms with Crippen LogP contribution in [-0.2, 0) is 0 Å². The zero-order valence-corrected chi connectivity index (χ0v) is 13.4. The summed E-state index contributed by atoms with van der Waals surface area (Å²) < 4.78 is 5.69. The van der Waals surface area contributed by atoms with Crippen molar-refractivity contribution in [1.29, 1.82) is 10.5 Å². The van der Waals surface area contributed by atoms with Crippen molar-refractivity contribution in [3.05, 3.63) is 45.7 Å². The van der Waals surface area contributed by atoms with Gasteiger partial charge in [0.1, 0.15) is 34.8 Å². The number of anilines is 1. The normalized spacial score (nSPS) is 9.96. The first-order valence-corrected chi connectivity index (χ1v) is 7.71. The maximum atomic E-state index is 12.0. The number of hydrogen-bond donors (Lipinski definition) is 2. The lowest BCUT2D eigenvalue weighted by molar-refractivity contribution is 0.306. The van der Waals surface area contributed by atoms with Crippen molar-refractivity contribution >= 4 is 5.82 Å². The molecule has 0 radical (unpaired) electrons. The molecule has 0 spiro atoms. The molecule has 2 rings (SSSR count). The first-order valence-electron chi connectivity index (χ1n) is 7.71. The summed E-state index contributed by atoms with van der Waals surface area (Å²) in [5, 5.41) is 18.6. The van der Waals surface area contributed by atoms with Gasteiger partial charge < -0.3 is 15.5 Å². The molecule has 6 nitrogen and oxygen atoms in total. The van der Waals surface area contributed by atoms with Gasteiger partial charge in [-0.05, 0) is 24.1 Å². The molecule has 0 saturated heterocycles. The predicted molar refractivity (Wildman–Crippen MR) is 91.4 cm³/mol. The summed E-state index contributed by atoms with van der Waals surface area (Å²) in [7, 11) is 0. The molecule has 1 aromatic carbocycles. The van der Waals surface area contributed by atoms with E-state index in [-0.39, 0.29) is 22.5 Å². The predicted octanol–water partition coefficient (Wildman–Crippen LogP) is 2.94. The van der Waals surface area contributed by atoms with E-state index < -0.39 is 5.56 Å². The van der Waals surface area contributed by atoms with E-state index in [4.69, 9.17) is 10.5 Å². The number of benzene rings is 1. The van der Waals surface area contributed by atoms with Crippen LogP contribution >= 0.6 is 0 Å². The number of nitrogens with one attached hydrogen (secondary N) is 1. The van der Waals surface area contributed by atoms with Gasteiger partial charge in [-0.25, -0.2) is 0 Å². The molecule has 0 unspecified atom stereocenters. The van der Waals surface area contributed by atoms with Crippen LogP contribution in [0.4, 0.5) is 5.82 Å². The molecule has 6 heteroatoms. The van der Waals surface area contributed by atoms with Crippen LogP contribution in [0.5, 0.6) is 5.75 Å². The zero-order chi connectivity index (χ0) is 17.5. The van der Waals surface area contributed by atoms with Gasteiger partial charge in [0.15, 0.2) is 0 Å². The van der Waals surface area contributed by atoms with E-state index in [0.717, 1.165) is 19.3 Å². The number of nitriles is 2. The van der Waals surface area contributed by atoms with Crippen LogP contribution in [0.3, 0.4) is 0 Å². The van der Waals surface area contributed by atoms with Crippen LogP contribution in [0.1, 0.15) is 37.3 Å². The molecule has 0 aliphatic rings. The molecule has 2 aromatic rings. The number of nitrogens with zero attached hydrogens (tertiary/aromatic N) is 2. The molecule has 0 amide bonds. The largest absolute Gasteiger partial charge is 0.494 e. The molecule has 122 valence electrons. The van der Waals surface area contributed by atoms with Gasteiger partial charge in [-0.3, -0.25) is 4.79 Å². The maximum Gasteiger partial charge on any atom is 0.268 e. The minimum Gasteiger partial charge on any atom is -0.494 e. The molecule has 3 N–H and O–H groups in total. The van der Waals surface area contributed by atoms with Crippen LogP contribution in [0.25, 0.3) is 11.1 Å². The third kappa shape index (κ3) is 3.56. The molecule has 0 saturated carbocycles. The van der Waals surface area contributed by atoms with Crippen molar-refractivity contribution in [2.45, 2.75) is 26.2 Å². The number of pyridine rings is 1. The first-order chi connectivity index (χ1) is 11.6. The zero-order valence-electron chi connectivity index (χ0n) is 13.4. The molecule has 1 aromatic heterocycles. The summed E-state index contributed by atoms with van der Waals surface area (Å²) in [5.74, 6) is 0.570. The Morgan fingerprint density at radius 1 is 1.21 bits per heavy atom. The van der Waals surface area contributed by atoms with Gasteiger partial charge in [0.05, 0.1) is 6.61 Å². The van der Waals surface area contributed by atoms with Gasteiger partial charge in [-0.1, -0.05) is 31.9 Å². The first kappa shape index (κ1) is 17.1. The highest BCUT2D eigenvalue weighted by molar-refractivity contribution is 5.80. The van der Waals surface area contributed by atoms with E-state index in [9.17, 15) is 15.3 Å². The molecular weight excluding hydrogens is 304 g/mol. The van der Waals surface area contributed by atoms with E-state index in [1.165, 1.54) is 0 Å². The Bertz CT molecular complexity index is 872. The van der Waals surface area contributed by atoms with Gasteiger partial charge in [0, 0.05) is 5.56 Å². The van der Waals surface area contributed by atoms with Gasteiger partial charge >= 0.3 is 0 Å². The molecule has 24 heavy (non-hydrogen) atoms.